The van der Waals surface area contributed by atoms with Crippen molar-refractivity contribution in [1.82, 2.24) is 0 Å². The molecule has 162 valence electrons. The highest BCUT2D eigenvalue weighted by Gasteiger charge is 2.64. The summed E-state index contributed by atoms with van der Waals surface area (Å²) in [5.41, 5.74) is 1.30. The summed E-state index contributed by atoms with van der Waals surface area (Å²) in [5.74, 6) is 0.887. The summed E-state index contributed by atoms with van der Waals surface area (Å²) < 4.78 is 12.2. The molecule has 4 nitrogen and oxygen atoms in total. The van der Waals surface area contributed by atoms with E-state index >= 15 is 0 Å². The Morgan fingerprint density at radius 1 is 0.774 bits per heavy atom. The van der Waals surface area contributed by atoms with Crippen LogP contribution in [0.15, 0.2) is 60.7 Å². The third kappa shape index (κ3) is 3.56. The van der Waals surface area contributed by atoms with Gasteiger partial charge in [-0.2, -0.15) is 0 Å². The van der Waals surface area contributed by atoms with Crippen molar-refractivity contribution in [3.05, 3.63) is 71.8 Å². The molecule has 3 aliphatic carbocycles. The Hall–Kier alpha value is -2.62. The normalized spacial score (nSPS) is 32.8. The zero-order valence-electron chi connectivity index (χ0n) is 18.2. The Labute approximate surface area is 183 Å². The number of carbonyl (C=O) groups excluding carboxylic acids is 2. The fraction of sp³-hybridized carbons (Fsp3) is 0.481. The van der Waals surface area contributed by atoms with Crippen molar-refractivity contribution in [3.8, 4) is 0 Å². The summed E-state index contributed by atoms with van der Waals surface area (Å²) in [6, 6.07) is 18.2. The lowest BCUT2D eigenvalue weighted by Crippen LogP contribution is -2.51. The van der Waals surface area contributed by atoms with Gasteiger partial charge in [0.1, 0.15) is 12.2 Å². The quantitative estimate of drug-likeness (QED) is 0.613. The monoisotopic (exact) mass is 418 g/mol. The molecular formula is C27H30O4. The van der Waals surface area contributed by atoms with Gasteiger partial charge >= 0.3 is 11.9 Å². The molecule has 0 N–H and O–H groups in total. The van der Waals surface area contributed by atoms with Crippen LogP contribution in [0, 0.1) is 29.1 Å². The molecule has 2 aromatic carbocycles. The van der Waals surface area contributed by atoms with E-state index in [2.05, 4.69) is 13.8 Å². The molecule has 31 heavy (non-hydrogen) atoms. The predicted octanol–water partition coefficient (Wildman–Crippen LogP) is 5.53. The van der Waals surface area contributed by atoms with Crippen molar-refractivity contribution in [1.29, 1.82) is 0 Å². The number of carbonyl (C=O) groups is 2. The predicted molar refractivity (Wildman–Crippen MR) is 118 cm³/mol. The zero-order valence-corrected chi connectivity index (χ0v) is 18.2. The van der Waals surface area contributed by atoms with Crippen molar-refractivity contribution < 1.29 is 19.1 Å². The van der Waals surface area contributed by atoms with E-state index in [1.54, 1.807) is 24.3 Å². The highest BCUT2D eigenvalue weighted by molar-refractivity contribution is 5.90. The first kappa shape index (κ1) is 20.3. The number of hydrogen-bond acceptors (Lipinski definition) is 4. The summed E-state index contributed by atoms with van der Waals surface area (Å²) in [5, 5.41) is 0. The lowest BCUT2D eigenvalue weighted by molar-refractivity contribution is -0.110. The Balaban J connectivity index is 1.43. The maximum Gasteiger partial charge on any atom is 0.338 e. The fourth-order valence-corrected chi connectivity index (χ4v) is 6.78. The van der Waals surface area contributed by atoms with Crippen LogP contribution in [0.3, 0.4) is 0 Å². The minimum Gasteiger partial charge on any atom is -0.455 e. The van der Waals surface area contributed by atoms with Gasteiger partial charge in [0.25, 0.3) is 0 Å². The van der Waals surface area contributed by atoms with E-state index in [-0.39, 0.29) is 41.4 Å². The highest BCUT2D eigenvalue weighted by Crippen LogP contribution is 2.64. The number of hydrogen-bond donors (Lipinski definition) is 0. The standard InChI is InChI=1S/C27H30O4/c1-27(2)15-9-14-19-20-16-21(22(19)27)24(31-26(29)18-12-7-4-8-13-18)23(20)30-25(28)17-10-5-3-6-11-17/h3-8,10-13,19-24H,9,14-16H2,1-2H3. The largest absolute Gasteiger partial charge is 0.455 e. The molecule has 3 saturated carbocycles. The first-order valence-corrected chi connectivity index (χ1v) is 11.5. The lowest BCUT2D eigenvalue weighted by atomic mass is 9.58. The Morgan fingerprint density at radius 3 is 1.84 bits per heavy atom. The Morgan fingerprint density at radius 2 is 1.29 bits per heavy atom. The summed E-state index contributed by atoms with van der Waals surface area (Å²) in [7, 11) is 0. The molecule has 0 amide bonds. The van der Waals surface area contributed by atoms with E-state index in [0.717, 1.165) is 6.42 Å². The van der Waals surface area contributed by atoms with Crippen molar-refractivity contribution in [3.63, 3.8) is 0 Å². The molecule has 0 spiro atoms. The second-order valence-electron chi connectivity index (χ2n) is 10.1. The molecule has 0 aromatic heterocycles. The minimum absolute atomic E-state index is 0.216. The highest BCUT2D eigenvalue weighted by atomic mass is 16.6. The van der Waals surface area contributed by atoms with Crippen LogP contribution in [0.2, 0.25) is 0 Å². The van der Waals surface area contributed by atoms with E-state index < -0.39 is 0 Å². The molecule has 4 heteroatoms. The molecule has 3 aliphatic rings. The number of rotatable bonds is 4. The van der Waals surface area contributed by atoms with E-state index in [9.17, 15) is 9.59 Å². The van der Waals surface area contributed by atoms with E-state index in [1.807, 2.05) is 36.4 Å². The van der Waals surface area contributed by atoms with E-state index in [0.29, 0.717) is 23.0 Å². The smallest absolute Gasteiger partial charge is 0.338 e. The van der Waals surface area contributed by atoms with Crippen LogP contribution in [-0.2, 0) is 9.47 Å². The van der Waals surface area contributed by atoms with E-state index in [1.165, 1.54) is 19.3 Å². The molecule has 3 fully saturated rings. The van der Waals surface area contributed by atoms with Gasteiger partial charge in [-0.1, -0.05) is 56.7 Å². The Bertz CT molecular complexity index is 952. The van der Waals surface area contributed by atoms with Crippen molar-refractivity contribution >= 4 is 11.9 Å². The van der Waals surface area contributed by atoms with Crippen LogP contribution in [-0.4, -0.2) is 24.1 Å². The fourth-order valence-electron chi connectivity index (χ4n) is 6.78. The molecule has 0 saturated heterocycles. The van der Waals surface area contributed by atoms with Gasteiger partial charge in [-0.3, -0.25) is 0 Å². The molecule has 6 unspecified atom stereocenters. The third-order valence-electron chi connectivity index (χ3n) is 7.95. The number of fused-ring (bicyclic) bond motifs is 5. The summed E-state index contributed by atoms with van der Waals surface area (Å²) >= 11 is 0. The van der Waals surface area contributed by atoms with Gasteiger partial charge in [-0.05, 0) is 60.8 Å². The third-order valence-corrected chi connectivity index (χ3v) is 7.95. The summed E-state index contributed by atoms with van der Waals surface area (Å²) in [6.07, 6.45) is 3.80. The number of esters is 2. The molecule has 2 aromatic rings. The van der Waals surface area contributed by atoms with Crippen LogP contribution in [0.1, 0.15) is 60.2 Å². The molecule has 0 radical (unpaired) electrons. The molecule has 0 heterocycles. The molecular weight excluding hydrogens is 388 g/mol. The average molecular weight is 419 g/mol. The van der Waals surface area contributed by atoms with E-state index in [4.69, 9.17) is 9.47 Å². The maximum atomic E-state index is 12.9. The first-order chi connectivity index (χ1) is 15.0. The molecule has 2 bridgehead atoms. The molecule has 0 aliphatic heterocycles. The lowest BCUT2D eigenvalue weighted by Gasteiger charge is -2.50. The summed E-state index contributed by atoms with van der Waals surface area (Å²) in [6.45, 7) is 4.71. The topological polar surface area (TPSA) is 52.6 Å². The van der Waals surface area contributed by atoms with Crippen LogP contribution < -0.4 is 0 Å². The van der Waals surface area contributed by atoms with Gasteiger partial charge < -0.3 is 9.47 Å². The number of benzene rings is 2. The number of ether oxygens (including phenoxy) is 2. The van der Waals surface area contributed by atoms with Crippen molar-refractivity contribution in [2.24, 2.45) is 29.1 Å². The van der Waals surface area contributed by atoms with Gasteiger partial charge in [0.2, 0.25) is 0 Å². The maximum absolute atomic E-state index is 12.9. The molecule has 6 atom stereocenters. The van der Waals surface area contributed by atoms with Crippen LogP contribution in [0.4, 0.5) is 0 Å². The second kappa shape index (κ2) is 7.81. The molecule has 5 rings (SSSR count). The summed E-state index contributed by atoms with van der Waals surface area (Å²) in [4.78, 5) is 25.8. The van der Waals surface area contributed by atoms with Gasteiger partial charge in [0.05, 0.1) is 11.1 Å². The zero-order chi connectivity index (χ0) is 21.6. The van der Waals surface area contributed by atoms with Gasteiger partial charge in [-0.25, -0.2) is 9.59 Å². The van der Waals surface area contributed by atoms with Gasteiger partial charge in [-0.15, -0.1) is 0 Å². The van der Waals surface area contributed by atoms with Crippen LogP contribution >= 0.6 is 0 Å². The first-order valence-electron chi connectivity index (χ1n) is 11.5. The minimum atomic E-state index is -0.385. The Kier molecular flexibility index (Phi) is 5.11. The average Bonchev–Trinajstić information content (AvgIpc) is 3.32. The van der Waals surface area contributed by atoms with Gasteiger partial charge in [0.15, 0.2) is 0 Å². The van der Waals surface area contributed by atoms with Crippen molar-refractivity contribution in [2.45, 2.75) is 51.7 Å². The van der Waals surface area contributed by atoms with Crippen molar-refractivity contribution in [2.75, 3.05) is 0 Å². The van der Waals surface area contributed by atoms with Crippen LogP contribution in [0.5, 0.6) is 0 Å². The van der Waals surface area contributed by atoms with Crippen LogP contribution in [0.25, 0.3) is 0 Å². The second-order valence-corrected chi connectivity index (χ2v) is 10.1. The van der Waals surface area contributed by atoms with Gasteiger partial charge in [0, 0.05) is 11.8 Å². The SMILES string of the molecule is CC1(C)CCCC2C3CC(C(OC(=O)c4ccccc4)C3OC(=O)c3ccccc3)C21.